The molecule has 112 valence electrons. The molecule has 1 fully saturated rings. The molecule has 1 heterocycles. The van der Waals surface area contributed by atoms with Crippen LogP contribution in [0.15, 0.2) is 24.3 Å². The molecule has 2 atom stereocenters. The van der Waals surface area contributed by atoms with Gasteiger partial charge in [0.25, 0.3) is 0 Å². The largest absolute Gasteiger partial charge is 0.394 e. The minimum atomic E-state index is -3.32. The van der Waals surface area contributed by atoms with Crippen LogP contribution in [0.3, 0.4) is 0 Å². The number of benzene rings is 1. The lowest BCUT2D eigenvalue weighted by Crippen LogP contribution is -2.37. The highest BCUT2D eigenvalue weighted by molar-refractivity contribution is 7.91. The lowest BCUT2D eigenvalue weighted by Gasteiger charge is -2.28. The number of aliphatic hydroxyl groups is 1. The average molecular weight is 321 g/mol. The van der Waals surface area contributed by atoms with Crippen molar-refractivity contribution in [3.8, 4) is 0 Å². The summed E-state index contributed by atoms with van der Waals surface area (Å²) in [5.41, 5.74) is 0.579. The van der Waals surface area contributed by atoms with Crippen LogP contribution in [0.2, 0.25) is 5.02 Å². The van der Waals surface area contributed by atoms with Crippen LogP contribution in [0.5, 0.6) is 0 Å². The van der Waals surface area contributed by atoms with E-state index in [2.05, 4.69) is 0 Å². The third kappa shape index (κ3) is 3.32. The maximum Gasteiger partial charge on any atom is 0.209 e. The van der Waals surface area contributed by atoms with Crippen molar-refractivity contribution in [1.29, 1.82) is 0 Å². The van der Waals surface area contributed by atoms with Crippen molar-refractivity contribution < 1.29 is 23.0 Å². The van der Waals surface area contributed by atoms with Gasteiger partial charge < -0.3 is 14.6 Å². The predicted molar refractivity (Wildman–Crippen MR) is 75.4 cm³/mol. The number of ether oxygens (including phenoxy) is 2. The van der Waals surface area contributed by atoms with Gasteiger partial charge in [0.15, 0.2) is 9.84 Å². The number of aliphatic hydroxyl groups excluding tert-OH is 1. The molecule has 0 spiro atoms. The van der Waals surface area contributed by atoms with Crippen LogP contribution in [-0.2, 0) is 25.1 Å². The Morgan fingerprint density at radius 1 is 1.40 bits per heavy atom. The van der Waals surface area contributed by atoms with E-state index in [1.165, 1.54) is 0 Å². The van der Waals surface area contributed by atoms with E-state index in [0.717, 1.165) is 0 Å². The van der Waals surface area contributed by atoms with Gasteiger partial charge in [-0.05, 0) is 12.1 Å². The van der Waals surface area contributed by atoms with Crippen molar-refractivity contribution >= 4 is 21.4 Å². The van der Waals surface area contributed by atoms with Crippen LogP contribution in [0.4, 0.5) is 0 Å². The molecule has 20 heavy (non-hydrogen) atoms. The SMILES string of the molecule is CCS(=O)(=O)C[C@]1(c2ccc(Cl)cc2)OC[C@@H](CO)O1. The van der Waals surface area contributed by atoms with E-state index in [0.29, 0.717) is 10.6 Å². The van der Waals surface area contributed by atoms with E-state index < -0.39 is 21.7 Å². The number of sulfone groups is 1. The Morgan fingerprint density at radius 3 is 2.55 bits per heavy atom. The van der Waals surface area contributed by atoms with Crippen molar-refractivity contribution in [2.75, 3.05) is 24.7 Å². The predicted octanol–water partition coefficient (Wildman–Crippen LogP) is 1.34. The molecule has 0 aliphatic carbocycles. The van der Waals surface area contributed by atoms with Gasteiger partial charge in [0.2, 0.25) is 5.79 Å². The smallest absolute Gasteiger partial charge is 0.209 e. The van der Waals surface area contributed by atoms with Crippen molar-refractivity contribution in [3.63, 3.8) is 0 Å². The summed E-state index contributed by atoms with van der Waals surface area (Å²) in [7, 11) is -3.32. The summed E-state index contributed by atoms with van der Waals surface area (Å²) in [5, 5.41) is 9.71. The first-order valence-electron chi connectivity index (χ1n) is 6.30. The van der Waals surface area contributed by atoms with Gasteiger partial charge >= 0.3 is 0 Å². The molecule has 7 heteroatoms. The highest BCUT2D eigenvalue weighted by atomic mass is 35.5. The summed E-state index contributed by atoms with van der Waals surface area (Å²) in [4.78, 5) is 0. The van der Waals surface area contributed by atoms with Crippen molar-refractivity contribution in [2.45, 2.75) is 18.8 Å². The maximum atomic E-state index is 11.9. The van der Waals surface area contributed by atoms with Gasteiger partial charge in [-0.15, -0.1) is 0 Å². The minimum absolute atomic E-state index is 0.00114. The molecule has 2 rings (SSSR count). The maximum absolute atomic E-state index is 11.9. The normalized spacial score (nSPS) is 26.9. The molecule has 5 nitrogen and oxygen atoms in total. The fourth-order valence-electron chi connectivity index (χ4n) is 2.06. The quantitative estimate of drug-likeness (QED) is 0.886. The van der Waals surface area contributed by atoms with E-state index in [9.17, 15) is 8.42 Å². The monoisotopic (exact) mass is 320 g/mol. The number of halogens is 1. The molecule has 1 aliphatic rings. The van der Waals surface area contributed by atoms with Crippen LogP contribution in [-0.4, -0.2) is 44.3 Å². The number of rotatable bonds is 5. The zero-order valence-corrected chi connectivity index (χ0v) is 12.7. The second kappa shape index (κ2) is 5.99. The molecule has 0 bridgehead atoms. The Kier molecular flexibility index (Phi) is 4.71. The molecule has 1 aromatic rings. The molecule has 0 aromatic heterocycles. The summed E-state index contributed by atoms with van der Waals surface area (Å²) in [6, 6.07) is 6.65. The molecule has 1 aliphatic heterocycles. The molecule has 0 saturated carbocycles. The second-order valence-electron chi connectivity index (χ2n) is 4.67. The van der Waals surface area contributed by atoms with Gasteiger partial charge in [0, 0.05) is 16.3 Å². The molecule has 1 N–H and O–H groups in total. The first-order valence-corrected chi connectivity index (χ1v) is 8.50. The van der Waals surface area contributed by atoms with Crippen LogP contribution < -0.4 is 0 Å². The van der Waals surface area contributed by atoms with Gasteiger partial charge in [-0.25, -0.2) is 8.42 Å². The van der Waals surface area contributed by atoms with E-state index in [1.54, 1.807) is 31.2 Å². The van der Waals surface area contributed by atoms with Crippen LogP contribution >= 0.6 is 11.6 Å². The number of hydrogen-bond acceptors (Lipinski definition) is 5. The standard InChI is InChI=1S/C13H17ClO5S/c1-2-20(16,17)9-13(18-8-12(7-15)19-13)10-3-5-11(14)6-4-10/h3-6,12,15H,2,7-9H2,1H3/t12-,13+/m1/s1. The Labute approximate surface area is 123 Å². The summed E-state index contributed by atoms with van der Waals surface area (Å²) >= 11 is 5.84. The highest BCUT2D eigenvalue weighted by Gasteiger charge is 2.46. The molecular formula is C13H17ClO5S. The van der Waals surface area contributed by atoms with Crippen molar-refractivity contribution in [3.05, 3.63) is 34.9 Å². The zero-order valence-electron chi connectivity index (χ0n) is 11.1. The van der Waals surface area contributed by atoms with Gasteiger partial charge in [-0.1, -0.05) is 30.7 Å². The van der Waals surface area contributed by atoms with Gasteiger partial charge in [-0.3, -0.25) is 0 Å². The van der Waals surface area contributed by atoms with Crippen LogP contribution in [0, 0.1) is 0 Å². The molecular weight excluding hydrogens is 304 g/mol. The number of hydrogen-bond donors (Lipinski definition) is 1. The van der Waals surface area contributed by atoms with Gasteiger partial charge in [0.05, 0.1) is 13.2 Å². The van der Waals surface area contributed by atoms with E-state index in [-0.39, 0.29) is 24.7 Å². The Balaban J connectivity index is 2.37. The molecule has 0 unspecified atom stereocenters. The summed E-state index contributed by atoms with van der Waals surface area (Å²) in [6.45, 7) is 1.50. The van der Waals surface area contributed by atoms with E-state index in [1.807, 2.05) is 0 Å². The fraction of sp³-hybridized carbons (Fsp3) is 0.538. The Bertz CT molecular complexity index is 557. The molecule has 1 aromatic carbocycles. The summed E-state index contributed by atoms with van der Waals surface area (Å²) in [5.74, 6) is -1.65. The minimum Gasteiger partial charge on any atom is -0.394 e. The van der Waals surface area contributed by atoms with Gasteiger partial charge in [-0.2, -0.15) is 0 Å². The second-order valence-corrected chi connectivity index (χ2v) is 7.46. The highest BCUT2D eigenvalue weighted by Crippen LogP contribution is 2.36. The summed E-state index contributed by atoms with van der Waals surface area (Å²) < 4.78 is 35.2. The average Bonchev–Trinajstić information content (AvgIpc) is 2.83. The first-order chi connectivity index (χ1) is 9.41. The topological polar surface area (TPSA) is 72.8 Å². The van der Waals surface area contributed by atoms with E-state index in [4.69, 9.17) is 26.2 Å². The molecule has 0 radical (unpaired) electrons. The Morgan fingerprint density at radius 2 is 2.05 bits per heavy atom. The van der Waals surface area contributed by atoms with Crippen molar-refractivity contribution in [2.24, 2.45) is 0 Å². The molecule has 0 amide bonds. The van der Waals surface area contributed by atoms with E-state index >= 15 is 0 Å². The van der Waals surface area contributed by atoms with Gasteiger partial charge in [0.1, 0.15) is 11.9 Å². The molecule has 1 saturated heterocycles. The fourth-order valence-corrected chi connectivity index (χ4v) is 3.29. The van der Waals surface area contributed by atoms with Crippen molar-refractivity contribution in [1.82, 2.24) is 0 Å². The third-order valence-electron chi connectivity index (χ3n) is 3.20. The Hall–Kier alpha value is -0.660. The lowest BCUT2D eigenvalue weighted by atomic mass is 10.1. The third-order valence-corrected chi connectivity index (χ3v) is 5.15. The first kappa shape index (κ1) is 15.7. The summed E-state index contributed by atoms with van der Waals surface area (Å²) in [6.07, 6.45) is -0.530. The lowest BCUT2D eigenvalue weighted by molar-refractivity contribution is -0.162. The van der Waals surface area contributed by atoms with Crippen LogP contribution in [0.25, 0.3) is 0 Å². The van der Waals surface area contributed by atoms with Crippen LogP contribution in [0.1, 0.15) is 12.5 Å². The zero-order chi connectivity index (χ0) is 14.8.